The van der Waals surface area contributed by atoms with Crippen LogP contribution < -0.4 is 10.2 Å². The van der Waals surface area contributed by atoms with Gasteiger partial charge in [0.1, 0.15) is 0 Å². The second-order valence-corrected chi connectivity index (χ2v) is 5.84. The number of halogens is 1. The Balaban J connectivity index is 1.87. The Kier molecular flexibility index (Phi) is 4.70. The molecule has 0 unspecified atom stereocenters. The quantitative estimate of drug-likeness (QED) is 0.923. The molecule has 0 bridgehead atoms. The Bertz CT molecular complexity index is 440. The molecule has 1 saturated heterocycles. The van der Waals surface area contributed by atoms with Crippen molar-refractivity contribution in [3.8, 4) is 0 Å². The molecule has 0 aromatic heterocycles. The minimum Gasteiger partial charge on any atom is -0.371 e. The molecule has 4 heteroatoms. The molecule has 19 heavy (non-hydrogen) atoms. The minimum atomic E-state index is 0.0611. The second-order valence-electron chi connectivity index (χ2n) is 5.40. The van der Waals surface area contributed by atoms with Crippen molar-refractivity contribution in [1.82, 2.24) is 5.32 Å². The lowest BCUT2D eigenvalue weighted by atomic mass is 10.0. The molecule has 2 rings (SSSR count). The highest BCUT2D eigenvalue weighted by atomic mass is 35.5. The zero-order chi connectivity index (χ0) is 13.8. The highest BCUT2D eigenvalue weighted by Gasteiger charge is 2.21. The first-order chi connectivity index (χ1) is 9.06. The van der Waals surface area contributed by atoms with Gasteiger partial charge in [0, 0.05) is 35.8 Å². The van der Waals surface area contributed by atoms with Gasteiger partial charge in [-0.25, -0.2) is 0 Å². The van der Waals surface area contributed by atoms with Crippen LogP contribution in [0.1, 0.15) is 26.7 Å². The third-order valence-electron chi connectivity index (χ3n) is 3.54. The molecule has 1 aromatic carbocycles. The minimum absolute atomic E-state index is 0.0611. The fourth-order valence-electron chi connectivity index (χ4n) is 2.32. The Morgan fingerprint density at radius 2 is 2.05 bits per heavy atom. The summed E-state index contributed by atoms with van der Waals surface area (Å²) in [6, 6.07) is 8.25. The number of piperidine rings is 1. The van der Waals surface area contributed by atoms with Crippen LogP contribution in [0, 0.1) is 5.92 Å². The lowest BCUT2D eigenvalue weighted by Gasteiger charge is -2.34. The summed E-state index contributed by atoms with van der Waals surface area (Å²) in [4.78, 5) is 14.0. The maximum atomic E-state index is 11.7. The van der Waals surface area contributed by atoms with E-state index in [2.05, 4.69) is 16.3 Å². The summed E-state index contributed by atoms with van der Waals surface area (Å²) in [5, 5.41) is 3.88. The number of benzene rings is 1. The van der Waals surface area contributed by atoms with Gasteiger partial charge in [0.25, 0.3) is 0 Å². The fraction of sp³-hybridized carbons (Fsp3) is 0.533. The largest absolute Gasteiger partial charge is 0.371 e. The Hall–Kier alpha value is -1.22. The summed E-state index contributed by atoms with van der Waals surface area (Å²) >= 11 is 6.01. The van der Waals surface area contributed by atoms with Crippen molar-refractivity contribution < 1.29 is 4.79 Å². The van der Waals surface area contributed by atoms with E-state index in [0.717, 1.165) is 31.0 Å². The van der Waals surface area contributed by atoms with Gasteiger partial charge in [0.15, 0.2) is 0 Å². The van der Waals surface area contributed by atoms with Gasteiger partial charge in [0.05, 0.1) is 0 Å². The molecule has 0 radical (unpaired) electrons. The monoisotopic (exact) mass is 280 g/mol. The molecule has 0 atom stereocenters. The molecule has 1 aliphatic rings. The number of carbonyl (C=O) groups is 1. The van der Waals surface area contributed by atoms with Crippen LogP contribution in [0.4, 0.5) is 5.69 Å². The van der Waals surface area contributed by atoms with E-state index in [1.165, 1.54) is 5.69 Å². The average Bonchev–Trinajstić information content (AvgIpc) is 2.39. The summed E-state index contributed by atoms with van der Waals surface area (Å²) < 4.78 is 0. The number of hydrogen-bond donors (Lipinski definition) is 1. The molecule has 0 saturated carbocycles. The zero-order valence-electron chi connectivity index (χ0n) is 11.5. The molecule has 1 aliphatic heterocycles. The number of carbonyl (C=O) groups excluding carboxylic acids is 1. The van der Waals surface area contributed by atoms with Gasteiger partial charge in [-0.3, -0.25) is 4.79 Å². The zero-order valence-corrected chi connectivity index (χ0v) is 12.3. The van der Waals surface area contributed by atoms with Gasteiger partial charge < -0.3 is 10.2 Å². The molecule has 1 amide bonds. The van der Waals surface area contributed by atoms with Crippen molar-refractivity contribution in [3.05, 3.63) is 29.3 Å². The normalized spacial score (nSPS) is 16.7. The highest BCUT2D eigenvalue weighted by Crippen LogP contribution is 2.23. The predicted octanol–water partition coefficient (Wildman–Crippen LogP) is 3.08. The van der Waals surface area contributed by atoms with Gasteiger partial charge >= 0.3 is 0 Å². The summed E-state index contributed by atoms with van der Waals surface area (Å²) in [5.41, 5.74) is 1.17. The van der Waals surface area contributed by atoms with Crippen LogP contribution in [-0.2, 0) is 4.79 Å². The van der Waals surface area contributed by atoms with Gasteiger partial charge in [-0.05, 0) is 31.0 Å². The standard InChI is InChI=1S/C15H21ClN2O/c1-11(2)15(19)17-13-6-8-18(9-7-13)14-5-3-4-12(16)10-14/h3-5,10-11,13H,6-9H2,1-2H3,(H,17,19). The number of nitrogens with one attached hydrogen (secondary N) is 1. The van der Waals surface area contributed by atoms with Gasteiger partial charge in [0.2, 0.25) is 5.91 Å². The van der Waals surface area contributed by atoms with Crippen LogP contribution in [0.5, 0.6) is 0 Å². The second kappa shape index (κ2) is 6.29. The van der Waals surface area contributed by atoms with Crippen molar-refractivity contribution in [2.45, 2.75) is 32.7 Å². The van der Waals surface area contributed by atoms with E-state index in [0.29, 0.717) is 6.04 Å². The molecular formula is C15H21ClN2O. The van der Waals surface area contributed by atoms with E-state index in [4.69, 9.17) is 11.6 Å². The van der Waals surface area contributed by atoms with Gasteiger partial charge in [-0.15, -0.1) is 0 Å². The topological polar surface area (TPSA) is 32.3 Å². The van der Waals surface area contributed by atoms with E-state index in [1.807, 2.05) is 32.0 Å². The number of rotatable bonds is 3. The molecule has 0 aliphatic carbocycles. The van der Waals surface area contributed by atoms with Crippen molar-refractivity contribution in [2.75, 3.05) is 18.0 Å². The number of amides is 1. The van der Waals surface area contributed by atoms with Crippen LogP contribution in [-0.4, -0.2) is 25.0 Å². The molecule has 1 fully saturated rings. The average molecular weight is 281 g/mol. The highest BCUT2D eigenvalue weighted by molar-refractivity contribution is 6.30. The van der Waals surface area contributed by atoms with Crippen LogP contribution in [0.15, 0.2) is 24.3 Å². The first-order valence-corrected chi connectivity index (χ1v) is 7.25. The predicted molar refractivity (Wildman–Crippen MR) is 79.7 cm³/mol. The van der Waals surface area contributed by atoms with Crippen molar-refractivity contribution in [2.24, 2.45) is 5.92 Å². The molecule has 1 heterocycles. The van der Waals surface area contributed by atoms with Crippen molar-refractivity contribution >= 4 is 23.2 Å². The fourth-order valence-corrected chi connectivity index (χ4v) is 2.51. The van der Waals surface area contributed by atoms with E-state index in [1.54, 1.807) is 0 Å². The lowest BCUT2D eigenvalue weighted by molar-refractivity contribution is -0.124. The first-order valence-electron chi connectivity index (χ1n) is 6.87. The molecular weight excluding hydrogens is 260 g/mol. The number of hydrogen-bond acceptors (Lipinski definition) is 2. The first kappa shape index (κ1) is 14.2. The van der Waals surface area contributed by atoms with Crippen molar-refractivity contribution in [3.63, 3.8) is 0 Å². The molecule has 104 valence electrons. The van der Waals surface area contributed by atoms with E-state index < -0.39 is 0 Å². The van der Waals surface area contributed by atoms with E-state index in [9.17, 15) is 4.79 Å². The summed E-state index contributed by atoms with van der Waals surface area (Å²) in [7, 11) is 0. The molecule has 1 aromatic rings. The lowest BCUT2D eigenvalue weighted by Crippen LogP contribution is -2.45. The van der Waals surface area contributed by atoms with Crippen LogP contribution in [0.25, 0.3) is 0 Å². The summed E-state index contributed by atoms with van der Waals surface area (Å²) in [6.07, 6.45) is 1.98. The number of nitrogens with zero attached hydrogens (tertiary/aromatic N) is 1. The van der Waals surface area contributed by atoms with Crippen LogP contribution in [0.3, 0.4) is 0 Å². The number of anilines is 1. The van der Waals surface area contributed by atoms with Gasteiger partial charge in [-0.1, -0.05) is 31.5 Å². The van der Waals surface area contributed by atoms with Crippen LogP contribution >= 0.6 is 11.6 Å². The van der Waals surface area contributed by atoms with E-state index in [-0.39, 0.29) is 11.8 Å². The molecule has 1 N–H and O–H groups in total. The Labute approximate surface area is 119 Å². The smallest absolute Gasteiger partial charge is 0.222 e. The maximum Gasteiger partial charge on any atom is 0.222 e. The van der Waals surface area contributed by atoms with Crippen LogP contribution in [0.2, 0.25) is 5.02 Å². The summed E-state index contributed by atoms with van der Waals surface area (Å²) in [6.45, 7) is 5.78. The van der Waals surface area contributed by atoms with E-state index >= 15 is 0 Å². The van der Waals surface area contributed by atoms with Crippen molar-refractivity contribution in [1.29, 1.82) is 0 Å². The maximum absolute atomic E-state index is 11.7. The third kappa shape index (κ3) is 3.87. The SMILES string of the molecule is CC(C)C(=O)NC1CCN(c2cccc(Cl)c2)CC1. The Morgan fingerprint density at radius 1 is 1.37 bits per heavy atom. The van der Waals surface area contributed by atoms with Gasteiger partial charge in [-0.2, -0.15) is 0 Å². The Morgan fingerprint density at radius 3 is 2.63 bits per heavy atom. The molecule has 0 spiro atoms. The third-order valence-corrected chi connectivity index (χ3v) is 3.77. The molecule has 3 nitrogen and oxygen atoms in total. The summed E-state index contributed by atoms with van der Waals surface area (Å²) in [5.74, 6) is 0.215.